The largest absolute Gasteiger partial charge is 0.0967 e. The third-order valence-corrected chi connectivity index (χ3v) is 8.07. The Morgan fingerprint density at radius 3 is 1.40 bits per heavy atom. The van der Waals surface area contributed by atoms with Crippen LogP contribution in [0.15, 0.2) is 0 Å². The molecule has 0 unspecified atom stereocenters. The molecule has 6 heteroatoms. The van der Waals surface area contributed by atoms with Crippen LogP contribution in [0, 0.1) is 0 Å². The third-order valence-electron chi connectivity index (χ3n) is 0.511. The van der Waals surface area contributed by atoms with Gasteiger partial charge in [0.1, 0.15) is 0 Å². The van der Waals surface area contributed by atoms with Gasteiger partial charge in [0, 0.05) is 0 Å². The van der Waals surface area contributed by atoms with E-state index in [-0.39, 0.29) is 0 Å². The van der Waals surface area contributed by atoms with E-state index in [0.717, 1.165) is 0 Å². The smallest absolute Gasteiger partial charge is 0.0600 e. The minimum Gasteiger partial charge on any atom is -0.0967 e. The zero-order valence-electron chi connectivity index (χ0n) is 5.86. The van der Waals surface area contributed by atoms with E-state index in [9.17, 15) is 0 Å². The van der Waals surface area contributed by atoms with Gasteiger partial charge < -0.3 is 0 Å². The lowest BCUT2D eigenvalue weighted by Crippen LogP contribution is -1.61. The van der Waals surface area contributed by atoms with E-state index in [1.807, 2.05) is 64.8 Å². The van der Waals surface area contributed by atoms with E-state index >= 15 is 0 Å². The first-order valence-electron chi connectivity index (χ1n) is 2.47. The van der Waals surface area contributed by atoms with Crippen molar-refractivity contribution in [1.29, 1.82) is 0 Å². The minimum absolute atomic E-state index is 1.20. The second kappa shape index (κ2) is 11.1. The summed E-state index contributed by atoms with van der Waals surface area (Å²) in [6, 6.07) is 0. The SMILES string of the molecule is CSSCSSCSSC. The van der Waals surface area contributed by atoms with Gasteiger partial charge in [0.25, 0.3) is 0 Å². The molecule has 0 aromatic rings. The highest BCUT2D eigenvalue weighted by Crippen LogP contribution is 2.34. The Labute approximate surface area is 86.8 Å². The summed E-state index contributed by atoms with van der Waals surface area (Å²) >= 11 is 0. The fraction of sp³-hybridized carbons (Fsp3) is 1.00. The fourth-order valence-corrected chi connectivity index (χ4v) is 7.62. The first-order chi connectivity index (χ1) is 4.91. The highest BCUT2D eigenvalue weighted by Gasteiger charge is 1.89. The third kappa shape index (κ3) is 10.1. The molecule has 0 spiro atoms. The monoisotopic (exact) mass is 250 g/mol. The molecule has 0 aliphatic heterocycles. The highest BCUT2D eigenvalue weighted by atomic mass is 33.2. The van der Waals surface area contributed by atoms with E-state index in [1.54, 1.807) is 0 Å². The lowest BCUT2D eigenvalue weighted by molar-refractivity contribution is 2.32. The first-order valence-corrected chi connectivity index (χ1v) is 10.4. The molecule has 0 atom stereocenters. The Morgan fingerprint density at radius 1 is 0.700 bits per heavy atom. The van der Waals surface area contributed by atoms with Crippen LogP contribution in [0.25, 0.3) is 0 Å². The van der Waals surface area contributed by atoms with E-state index in [1.165, 1.54) is 10.2 Å². The molecule has 0 amide bonds. The summed E-state index contributed by atoms with van der Waals surface area (Å²) in [6.45, 7) is 0. The molecule has 0 bridgehead atoms. The highest BCUT2D eigenvalue weighted by molar-refractivity contribution is 8.88. The molecule has 0 heterocycles. The Balaban J connectivity index is 2.65. The summed E-state index contributed by atoms with van der Waals surface area (Å²) in [7, 11) is 11.4. The number of hydrogen-bond donors (Lipinski definition) is 0. The molecule has 62 valence electrons. The van der Waals surface area contributed by atoms with Gasteiger partial charge in [0.15, 0.2) is 0 Å². The summed E-state index contributed by atoms with van der Waals surface area (Å²) in [5, 5.41) is 2.39. The lowest BCUT2D eigenvalue weighted by atomic mass is 11.9. The van der Waals surface area contributed by atoms with Crippen molar-refractivity contribution in [2.45, 2.75) is 0 Å². The summed E-state index contributed by atoms with van der Waals surface area (Å²) < 4.78 is 0. The average molecular weight is 251 g/mol. The Bertz CT molecular complexity index is 49.7. The van der Waals surface area contributed by atoms with Gasteiger partial charge in [-0.05, 0) is 12.5 Å². The summed E-state index contributed by atoms with van der Waals surface area (Å²) in [4.78, 5) is 0. The number of hydrogen-bond acceptors (Lipinski definition) is 6. The second-order valence-electron chi connectivity index (χ2n) is 1.04. The summed E-state index contributed by atoms with van der Waals surface area (Å²) in [5.74, 6) is 0. The van der Waals surface area contributed by atoms with E-state index in [4.69, 9.17) is 0 Å². The van der Waals surface area contributed by atoms with E-state index in [0.29, 0.717) is 0 Å². The lowest BCUT2D eigenvalue weighted by Gasteiger charge is -1.96. The molecule has 0 nitrogen and oxygen atoms in total. The topological polar surface area (TPSA) is 0 Å². The molecule has 10 heavy (non-hydrogen) atoms. The fourth-order valence-electron chi connectivity index (χ4n) is 0.204. The molecular formula is C4H10S6. The molecule has 0 fully saturated rings. The average Bonchev–Trinajstić information content (AvgIpc) is 1.97. The standard InChI is InChI=1S/C4H10S6/c1-5-7-3-9-10-4-8-6-2/h3-4H2,1-2H3. The summed E-state index contributed by atoms with van der Waals surface area (Å²) in [6.07, 6.45) is 4.24. The Kier molecular flexibility index (Phi) is 13.4. The van der Waals surface area contributed by atoms with Crippen molar-refractivity contribution < 1.29 is 0 Å². The van der Waals surface area contributed by atoms with Crippen LogP contribution in [-0.4, -0.2) is 22.7 Å². The van der Waals surface area contributed by atoms with Crippen molar-refractivity contribution in [3.63, 3.8) is 0 Å². The van der Waals surface area contributed by atoms with Crippen LogP contribution in [0.1, 0.15) is 0 Å². The quantitative estimate of drug-likeness (QED) is 0.372. The van der Waals surface area contributed by atoms with Gasteiger partial charge in [-0.25, -0.2) is 0 Å². The molecule has 0 aliphatic rings. The van der Waals surface area contributed by atoms with E-state index in [2.05, 4.69) is 12.5 Å². The maximum atomic E-state index is 2.12. The van der Waals surface area contributed by atoms with Crippen molar-refractivity contribution >= 4 is 64.8 Å². The van der Waals surface area contributed by atoms with Crippen molar-refractivity contribution in [1.82, 2.24) is 0 Å². The van der Waals surface area contributed by atoms with E-state index < -0.39 is 0 Å². The molecule has 0 saturated carbocycles. The minimum atomic E-state index is 1.20. The second-order valence-corrected chi connectivity index (χ2v) is 9.36. The molecular weight excluding hydrogens is 240 g/mol. The molecule has 0 aromatic carbocycles. The molecule has 0 radical (unpaired) electrons. The molecule has 0 N–H and O–H groups in total. The van der Waals surface area contributed by atoms with Gasteiger partial charge >= 0.3 is 0 Å². The van der Waals surface area contributed by atoms with Crippen LogP contribution in [0.5, 0.6) is 0 Å². The van der Waals surface area contributed by atoms with Crippen molar-refractivity contribution in [2.24, 2.45) is 0 Å². The van der Waals surface area contributed by atoms with Gasteiger partial charge in [0.2, 0.25) is 0 Å². The zero-order chi connectivity index (χ0) is 7.66. The van der Waals surface area contributed by atoms with Crippen molar-refractivity contribution in [3.05, 3.63) is 0 Å². The van der Waals surface area contributed by atoms with Crippen molar-refractivity contribution in [3.8, 4) is 0 Å². The molecule has 0 aliphatic carbocycles. The predicted octanol–water partition coefficient (Wildman–Crippen LogP) is 4.31. The molecule has 0 rings (SSSR count). The van der Waals surface area contributed by atoms with Gasteiger partial charge in [-0.1, -0.05) is 64.8 Å². The van der Waals surface area contributed by atoms with Crippen LogP contribution >= 0.6 is 64.8 Å². The van der Waals surface area contributed by atoms with Crippen LogP contribution in [0.2, 0.25) is 0 Å². The predicted molar refractivity (Wildman–Crippen MR) is 67.1 cm³/mol. The van der Waals surface area contributed by atoms with Gasteiger partial charge in [-0.3, -0.25) is 0 Å². The van der Waals surface area contributed by atoms with Crippen LogP contribution in [0.3, 0.4) is 0 Å². The maximum Gasteiger partial charge on any atom is 0.0600 e. The Morgan fingerprint density at radius 2 is 1.10 bits per heavy atom. The first kappa shape index (κ1) is 12.1. The van der Waals surface area contributed by atoms with Crippen LogP contribution in [-0.2, 0) is 0 Å². The normalized spacial score (nSPS) is 10.2. The molecule has 0 aromatic heterocycles. The summed E-state index contributed by atoms with van der Waals surface area (Å²) in [5.41, 5.74) is 0. The van der Waals surface area contributed by atoms with Crippen molar-refractivity contribution in [2.75, 3.05) is 22.7 Å². The van der Waals surface area contributed by atoms with Gasteiger partial charge in [-0.15, -0.1) is 0 Å². The van der Waals surface area contributed by atoms with Crippen LogP contribution in [0.4, 0.5) is 0 Å². The van der Waals surface area contributed by atoms with Gasteiger partial charge in [-0.2, -0.15) is 0 Å². The van der Waals surface area contributed by atoms with Crippen LogP contribution < -0.4 is 0 Å². The molecule has 0 saturated heterocycles. The Hall–Kier alpha value is 2.10. The zero-order valence-corrected chi connectivity index (χ0v) is 10.8. The number of rotatable bonds is 7. The maximum absolute atomic E-state index is 2.12. The van der Waals surface area contributed by atoms with Gasteiger partial charge in [0.05, 0.1) is 10.2 Å².